The fraction of sp³-hybridized carbons (Fsp3) is 0.125. The predicted molar refractivity (Wildman–Crippen MR) is 124 cm³/mol. The maximum absolute atomic E-state index is 13.4. The van der Waals surface area contributed by atoms with Crippen LogP contribution in [0.5, 0.6) is 11.5 Å². The van der Waals surface area contributed by atoms with Gasteiger partial charge in [0, 0.05) is 23.2 Å². The van der Waals surface area contributed by atoms with Gasteiger partial charge >= 0.3 is 0 Å². The summed E-state index contributed by atoms with van der Waals surface area (Å²) in [5.41, 5.74) is 2.57. The highest BCUT2D eigenvalue weighted by Crippen LogP contribution is 2.36. The van der Waals surface area contributed by atoms with Gasteiger partial charge in [-0.25, -0.2) is 0 Å². The quantitative estimate of drug-likeness (QED) is 0.542. The van der Waals surface area contributed by atoms with Crippen LogP contribution in [-0.4, -0.2) is 29.4 Å². The lowest BCUT2D eigenvalue weighted by atomic mass is 10.1. The van der Waals surface area contributed by atoms with E-state index in [1.165, 1.54) is 23.2 Å². The summed E-state index contributed by atoms with van der Waals surface area (Å²) in [7, 11) is 0. The van der Waals surface area contributed by atoms with Crippen LogP contribution in [0.2, 0.25) is 0 Å². The molecule has 0 aliphatic carbocycles. The summed E-state index contributed by atoms with van der Waals surface area (Å²) < 4.78 is 10.7. The van der Waals surface area contributed by atoms with Gasteiger partial charge in [-0.15, -0.1) is 11.3 Å². The summed E-state index contributed by atoms with van der Waals surface area (Å²) in [5, 5.41) is 7.67. The molecule has 0 radical (unpaired) electrons. The molecular weight excluding hydrogens is 442 g/mol. The molecule has 9 heteroatoms. The SMILES string of the molecule is CC(=O)Nc1ccc(NC2=C(c3cccs3)C(=O)N(Cc3ccc4c(c3)OCO4)C2=O)cc1. The standard InChI is InChI=1S/C24H19N3O5S/c1-14(28)25-16-5-7-17(8-6-16)26-22-21(20-3-2-10-33-20)23(29)27(24(22)30)12-15-4-9-18-19(11-15)32-13-31-18/h2-11,26H,12-13H2,1H3,(H,25,28). The number of hydrogen-bond acceptors (Lipinski definition) is 7. The number of nitrogens with one attached hydrogen (secondary N) is 2. The Balaban J connectivity index is 1.43. The fourth-order valence-corrected chi connectivity index (χ4v) is 4.46. The third-order valence-electron chi connectivity index (χ3n) is 5.19. The number of rotatable bonds is 6. The Hall–Kier alpha value is -4.11. The zero-order valence-corrected chi connectivity index (χ0v) is 18.4. The molecule has 2 aliphatic heterocycles. The van der Waals surface area contributed by atoms with Gasteiger partial charge in [0.05, 0.1) is 12.1 Å². The van der Waals surface area contributed by atoms with Crippen molar-refractivity contribution in [3.8, 4) is 11.5 Å². The first-order chi connectivity index (χ1) is 16.0. The molecule has 0 atom stereocenters. The van der Waals surface area contributed by atoms with Crippen LogP contribution in [0.25, 0.3) is 5.57 Å². The van der Waals surface area contributed by atoms with Crippen LogP contribution in [0.3, 0.4) is 0 Å². The van der Waals surface area contributed by atoms with Gasteiger partial charge < -0.3 is 20.1 Å². The maximum atomic E-state index is 13.4. The van der Waals surface area contributed by atoms with Crippen LogP contribution in [0, 0.1) is 0 Å². The Kier molecular flexibility index (Phi) is 5.31. The third-order valence-corrected chi connectivity index (χ3v) is 6.08. The first kappa shape index (κ1) is 20.8. The van der Waals surface area contributed by atoms with Gasteiger partial charge in [-0.2, -0.15) is 0 Å². The van der Waals surface area contributed by atoms with Crippen molar-refractivity contribution < 1.29 is 23.9 Å². The molecule has 2 aromatic carbocycles. The minimum Gasteiger partial charge on any atom is -0.454 e. The van der Waals surface area contributed by atoms with Crippen molar-refractivity contribution in [3.05, 3.63) is 76.1 Å². The summed E-state index contributed by atoms with van der Waals surface area (Å²) in [6.45, 7) is 1.69. The molecule has 8 nitrogen and oxygen atoms in total. The lowest BCUT2D eigenvalue weighted by Gasteiger charge is -2.16. The van der Waals surface area contributed by atoms with E-state index >= 15 is 0 Å². The second kappa shape index (κ2) is 8.44. The van der Waals surface area contributed by atoms with Crippen LogP contribution < -0.4 is 20.1 Å². The second-order valence-electron chi connectivity index (χ2n) is 7.49. The molecule has 166 valence electrons. The molecule has 3 aromatic rings. The average Bonchev–Trinajstić information content (AvgIpc) is 3.52. The van der Waals surface area contributed by atoms with E-state index in [1.807, 2.05) is 23.6 Å². The van der Waals surface area contributed by atoms with Gasteiger partial charge in [0.2, 0.25) is 12.7 Å². The summed E-state index contributed by atoms with van der Waals surface area (Å²) in [6, 6.07) is 15.9. The summed E-state index contributed by atoms with van der Waals surface area (Å²) in [4.78, 5) is 39.9. The molecule has 0 saturated carbocycles. The van der Waals surface area contributed by atoms with Crippen molar-refractivity contribution in [2.75, 3.05) is 17.4 Å². The number of imide groups is 1. The first-order valence-electron chi connectivity index (χ1n) is 10.2. The Labute approximate surface area is 193 Å². The number of amides is 3. The molecule has 0 saturated heterocycles. The van der Waals surface area contributed by atoms with E-state index in [-0.39, 0.29) is 30.8 Å². The monoisotopic (exact) mass is 461 g/mol. The molecule has 33 heavy (non-hydrogen) atoms. The Morgan fingerprint density at radius 2 is 1.76 bits per heavy atom. The minimum atomic E-state index is -0.410. The topological polar surface area (TPSA) is 97.0 Å². The largest absolute Gasteiger partial charge is 0.454 e. The lowest BCUT2D eigenvalue weighted by Crippen LogP contribution is -2.31. The van der Waals surface area contributed by atoms with Crippen molar-refractivity contribution in [3.63, 3.8) is 0 Å². The fourth-order valence-electron chi connectivity index (χ4n) is 3.69. The zero-order valence-electron chi connectivity index (χ0n) is 17.6. The normalized spacial score (nSPS) is 14.8. The first-order valence-corrected chi connectivity index (χ1v) is 11.0. The molecule has 2 N–H and O–H groups in total. The highest BCUT2D eigenvalue weighted by Gasteiger charge is 2.39. The van der Waals surface area contributed by atoms with Gasteiger partial charge in [0.1, 0.15) is 5.70 Å². The number of anilines is 2. The molecule has 2 aliphatic rings. The van der Waals surface area contributed by atoms with Crippen molar-refractivity contribution in [2.24, 2.45) is 0 Å². The molecule has 3 amide bonds. The predicted octanol–water partition coefficient (Wildman–Crippen LogP) is 3.83. The van der Waals surface area contributed by atoms with E-state index in [4.69, 9.17) is 9.47 Å². The van der Waals surface area contributed by atoms with Crippen LogP contribution >= 0.6 is 11.3 Å². The van der Waals surface area contributed by atoms with Crippen LogP contribution in [0.1, 0.15) is 17.4 Å². The summed E-state index contributed by atoms with van der Waals surface area (Å²) in [5.74, 6) is 0.287. The second-order valence-corrected chi connectivity index (χ2v) is 8.44. The van der Waals surface area contributed by atoms with Gasteiger partial charge in [0.25, 0.3) is 11.8 Å². The number of carbonyl (C=O) groups excluding carboxylic acids is 3. The van der Waals surface area contributed by atoms with Gasteiger partial charge in [-0.3, -0.25) is 19.3 Å². The number of benzene rings is 2. The highest BCUT2D eigenvalue weighted by molar-refractivity contribution is 7.11. The third kappa shape index (κ3) is 4.06. The molecule has 0 bridgehead atoms. The van der Waals surface area contributed by atoms with Crippen molar-refractivity contribution in [2.45, 2.75) is 13.5 Å². The van der Waals surface area contributed by atoms with E-state index in [1.54, 1.807) is 36.4 Å². The number of nitrogens with zero attached hydrogens (tertiary/aromatic N) is 1. The van der Waals surface area contributed by atoms with Crippen LogP contribution in [0.4, 0.5) is 11.4 Å². The van der Waals surface area contributed by atoms with Crippen LogP contribution in [0.15, 0.2) is 65.7 Å². The smallest absolute Gasteiger partial charge is 0.278 e. The maximum Gasteiger partial charge on any atom is 0.278 e. The van der Waals surface area contributed by atoms with Crippen LogP contribution in [-0.2, 0) is 20.9 Å². The Bertz CT molecular complexity index is 1280. The highest BCUT2D eigenvalue weighted by atomic mass is 32.1. The lowest BCUT2D eigenvalue weighted by molar-refractivity contribution is -0.137. The molecule has 5 rings (SSSR count). The number of fused-ring (bicyclic) bond motifs is 1. The number of ether oxygens (including phenoxy) is 2. The van der Waals surface area contributed by atoms with Crippen molar-refractivity contribution in [1.29, 1.82) is 0 Å². The summed E-state index contributed by atoms with van der Waals surface area (Å²) >= 11 is 1.39. The molecule has 0 fully saturated rings. The Morgan fingerprint density at radius 1 is 1.00 bits per heavy atom. The molecule has 1 aromatic heterocycles. The average molecular weight is 461 g/mol. The van der Waals surface area contributed by atoms with Gasteiger partial charge in [-0.1, -0.05) is 12.1 Å². The van der Waals surface area contributed by atoms with Gasteiger partial charge in [-0.05, 0) is 53.4 Å². The van der Waals surface area contributed by atoms with E-state index in [2.05, 4.69) is 10.6 Å². The molecule has 0 unspecified atom stereocenters. The molecule has 0 spiro atoms. The number of thiophene rings is 1. The molecule has 3 heterocycles. The number of hydrogen-bond donors (Lipinski definition) is 2. The summed E-state index contributed by atoms with van der Waals surface area (Å²) in [6.07, 6.45) is 0. The zero-order chi connectivity index (χ0) is 22.9. The number of carbonyl (C=O) groups is 3. The Morgan fingerprint density at radius 3 is 2.48 bits per heavy atom. The van der Waals surface area contributed by atoms with Gasteiger partial charge in [0.15, 0.2) is 11.5 Å². The van der Waals surface area contributed by atoms with E-state index in [9.17, 15) is 14.4 Å². The van der Waals surface area contributed by atoms with Crippen molar-refractivity contribution in [1.82, 2.24) is 4.90 Å². The van der Waals surface area contributed by atoms with E-state index in [0.717, 1.165) is 5.56 Å². The van der Waals surface area contributed by atoms with Crippen molar-refractivity contribution >= 4 is 46.0 Å². The molecular formula is C24H19N3O5S. The van der Waals surface area contributed by atoms with E-state index in [0.29, 0.717) is 33.3 Å². The minimum absolute atomic E-state index is 0.107. The van der Waals surface area contributed by atoms with E-state index < -0.39 is 5.91 Å².